The van der Waals surface area contributed by atoms with Crippen molar-refractivity contribution in [3.63, 3.8) is 0 Å². The fraction of sp³-hybridized carbons (Fsp3) is 0.250. The molecule has 34 heavy (non-hydrogen) atoms. The molecule has 6 heteroatoms. The molecule has 2 atom stereocenters. The largest absolute Gasteiger partial charge is 0.497 e. The maximum atomic E-state index is 13.2. The van der Waals surface area contributed by atoms with Gasteiger partial charge < -0.3 is 9.84 Å². The minimum atomic E-state index is -1.15. The molecule has 1 heterocycles. The molecule has 1 saturated heterocycles. The number of likely N-dealkylation sites (tertiary alicyclic amines) is 1. The van der Waals surface area contributed by atoms with Crippen LogP contribution in [0, 0.1) is 5.92 Å². The summed E-state index contributed by atoms with van der Waals surface area (Å²) in [6.07, 6.45) is 0.935. The van der Waals surface area contributed by atoms with Crippen LogP contribution in [0.15, 0.2) is 84.9 Å². The maximum Gasteiger partial charge on any atom is 0.327 e. The van der Waals surface area contributed by atoms with E-state index in [-0.39, 0.29) is 12.3 Å². The third-order valence-electron chi connectivity index (χ3n) is 6.42. The highest BCUT2D eigenvalue weighted by atomic mass is 16.5. The van der Waals surface area contributed by atoms with Crippen molar-refractivity contribution in [2.75, 3.05) is 7.11 Å². The summed E-state index contributed by atoms with van der Waals surface area (Å²) in [6.45, 7) is 0. The molecule has 1 aliphatic rings. The topological polar surface area (TPSA) is 83.9 Å². The van der Waals surface area contributed by atoms with Gasteiger partial charge in [-0.1, -0.05) is 72.8 Å². The quantitative estimate of drug-likeness (QED) is 0.485. The number of β-lactam (4-membered cyclic amide) rings is 1. The van der Waals surface area contributed by atoms with Gasteiger partial charge in [-0.15, -0.1) is 0 Å². The number of carbonyl (C=O) groups is 3. The van der Waals surface area contributed by atoms with Crippen molar-refractivity contribution in [1.82, 2.24) is 4.90 Å². The zero-order valence-corrected chi connectivity index (χ0v) is 19.0. The molecule has 174 valence electrons. The number of methoxy groups -OCH3 is 1. The third-order valence-corrected chi connectivity index (χ3v) is 6.42. The monoisotopic (exact) mass is 457 g/mol. The molecule has 0 spiro atoms. The Morgan fingerprint density at radius 1 is 0.912 bits per heavy atom. The van der Waals surface area contributed by atoms with Crippen LogP contribution < -0.4 is 4.74 Å². The first kappa shape index (κ1) is 23.2. The van der Waals surface area contributed by atoms with Crippen LogP contribution in [0.5, 0.6) is 5.75 Å². The second-order valence-electron chi connectivity index (χ2n) is 8.46. The number of carboxylic acid groups (broad SMARTS) is 1. The van der Waals surface area contributed by atoms with E-state index < -0.39 is 29.7 Å². The van der Waals surface area contributed by atoms with Gasteiger partial charge in [-0.2, -0.15) is 0 Å². The first-order valence-corrected chi connectivity index (χ1v) is 11.3. The van der Waals surface area contributed by atoms with E-state index in [0.29, 0.717) is 12.8 Å². The number of aliphatic carboxylic acids is 1. The van der Waals surface area contributed by atoms with Gasteiger partial charge in [0.25, 0.3) is 0 Å². The minimum Gasteiger partial charge on any atom is -0.497 e. The SMILES string of the molecule is COc1ccc(CC[C@H]2C(=O)N(C(=O)CC(c3ccccc3)c3ccccc3)[C@@H]2C(=O)O)cc1. The lowest BCUT2D eigenvalue weighted by Gasteiger charge is -2.43. The Kier molecular flexibility index (Phi) is 7.07. The predicted molar refractivity (Wildman–Crippen MR) is 127 cm³/mol. The van der Waals surface area contributed by atoms with Gasteiger partial charge in [0.05, 0.1) is 13.0 Å². The number of rotatable bonds is 9. The summed E-state index contributed by atoms with van der Waals surface area (Å²) in [7, 11) is 1.59. The minimum absolute atomic E-state index is 0.0226. The highest BCUT2D eigenvalue weighted by Gasteiger charge is 2.54. The first-order chi connectivity index (χ1) is 16.5. The molecule has 3 aromatic rings. The van der Waals surface area contributed by atoms with Crippen LogP contribution in [0.2, 0.25) is 0 Å². The predicted octanol–water partition coefficient (Wildman–Crippen LogP) is 4.29. The molecule has 0 saturated carbocycles. The van der Waals surface area contributed by atoms with Gasteiger partial charge in [0.1, 0.15) is 11.8 Å². The van der Waals surface area contributed by atoms with E-state index in [0.717, 1.165) is 27.3 Å². The highest BCUT2D eigenvalue weighted by molar-refractivity contribution is 6.08. The Labute approximate surface area is 198 Å². The molecule has 3 aromatic carbocycles. The summed E-state index contributed by atoms with van der Waals surface area (Å²) in [5, 5.41) is 9.81. The van der Waals surface area contributed by atoms with Crippen LogP contribution >= 0.6 is 0 Å². The molecule has 0 aromatic heterocycles. The summed E-state index contributed by atoms with van der Waals surface area (Å²) in [5.41, 5.74) is 2.87. The smallest absolute Gasteiger partial charge is 0.327 e. The van der Waals surface area contributed by atoms with Crippen LogP contribution in [0.3, 0.4) is 0 Å². The Morgan fingerprint density at radius 3 is 1.97 bits per heavy atom. The standard InChI is InChI=1S/C28H27NO5/c1-34-22-15-12-19(13-16-22)14-17-23-26(28(32)33)29(27(23)31)25(30)18-24(20-8-4-2-5-9-20)21-10-6-3-7-11-21/h2-13,15-16,23-24,26H,14,17-18H2,1H3,(H,32,33)/t23-,26+/m1/s1. The van der Waals surface area contributed by atoms with Gasteiger partial charge >= 0.3 is 5.97 Å². The van der Waals surface area contributed by atoms with Gasteiger partial charge in [0.15, 0.2) is 0 Å². The Hall–Kier alpha value is -3.93. The molecular formula is C28H27NO5. The van der Waals surface area contributed by atoms with Gasteiger partial charge in [0, 0.05) is 12.3 Å². The first-order valence-electron chi connectivity index (χ1n) is 11.3. The number of carbonyl (C=O) groups excluding carboxylic acids is 2. The van der Waals surface area contributed by atoms with Crippen molar-refractivity contribution in [2.24, 2.45) is 5.92 Å². The lowest BCUT2D eigenvalue weighted by atomic mass is 9.81. The Bertz CT molecular complexity index is 1100. The number of imide groups is 1. The zero-order valence-electron chi connectivity index (χ0n) is 19.0. The molecule has 0 aliphatic carbocycles. The van der Waals surface area contributed by atoms with Crippen LogP contribution in [-0.2, 0) is 20.8 Å². The van der Waals surface area contributed by atoms with E-state index in [1.807, 2.05) is 84.9 Å². The molecule has 0 radical (unpaired) electrons. The molecule has 0 unspecified atom stereocenters. The van der Waals surface area contributed by atoms with Crippen molar-refractivity contribution < 1.29 is 24.2 Å². The number of aryl methyl sites for hydroxylation is 1. The number of hydrogen-bond donors (Lipinski definition) is 1. The van der Waals surface area contributed by atoms with E-state index in [9.17, 15) is 19.5 Å². The second kappa shape index (κ2) is 10.3. The van der Waals surface area contributed by atoms with Gasteiger partial charge in [-0.25, -0.2) is 4.79 Å². The van der Waals surface area contributed by atoms with E-state index in [4.69, 9.17) is 4.74 Å². The van der Waals surface area contributed by atoms with E-state index in [2.05, 4.69) is 0 Å². The van der Waals surface area contributed by atoms with Crippen molar-refractivity contribution in [1.29, 1.82) is 0 Å². The van der Waals surface area contributed by atoms with Crippen LogP contribution in [0.1, 0.15) is 35.4 Å². The number of benzene rings is 3. The van der Waals surface area contributed by atoms with Gasteiger partial charge in [0.2, 0.25) is 11.8 Å². The highest BCUT2D eigenvalue weighted by Crippen LogP contribution is 2.35. The summed E-state index contributed by atoms with van der Waals surface area (Å²) >= 11 is 0. The van der Waals surface area contributed by atoms with E-state index in [1.54, 1.807) is 7.11 Å². The Balaban J connectivity index is 1.48. The number of amides is 2. The molecule has 4 rings (SSSR count). The maximum absolute atomic E-state index is 13.2. The summed E-state index contributed by atoms with van der Waals surface area (Å²) < 4.78 is 5.15. The zero-order chi connectivity index (χ0) is 24.1. The summed E-state index contributed by atoms with van der Waals surface area (Å²) in [4.78, 5) is 39.1. The second-order valence-corrected chi connectivity index (χ2v) is 8.46. The molecular weight excluding hydrogens is 430 g/mol. The summed E-state index contributed by atoms with van der Waals surface area (Å²) in [5.74, 6) is -2.27. The third kappa shape index (κ3) is 4.86. The molecule has 0 bridgehead atoms. The fourth-order valence-corrected chi connectivity index (χ4v) is 4.58. The number of hydrogen-bond acceptors (Lipinski definition) is 4. The van der Waals surface area contributed by atoms with Crippen LogP contribution in [0.4, 0.5) is 0 Å². The Morgan fingerprint density at radius 2 is 1.47 bits per heavy atom. The van der Waals surface area contributed by atoms with E-state index in [1.165, 1.54) is 0 Å². The van der Waals surface area contributed by atoms with Crippen molar-refractivity contribution in [2.45, 2.75) is 31.2 Å². The van der Waals surface area contributed by atoms with Crippen molar-refractivity contribution in [3.05, 3.63) is 102 Å². The number of carboxylic acids is 1. The number of nitrogens with zero attached hydrogens (tertiary/aromatic N) is 1. The number of ether oxygens (including phenoxy) is 1. The molecule has 1 aliphatic heterocycles. The van der Waals surface area contributed by atoms with Crippen LogP contribution in [-0.4, -0.2) is 40.9 Å². The van der Waals surface area contributed by atoms with Crippen LogP contribution in [0.25, 0.3) is 0 Å². The van der Waals surface area contributed by atoms with E-state index >= 15 is 0 Å². The van der Waals surface area contributed by atoms with Gasteiger partial charge in [-0.05, 0) is 41.7 Å². The lowest BCUT2D eigenvalue weighted by Crippen LogP contribution is -2.66. The van der Waals surface area contributed by atoms with Crippen molar-refractivity contribution >= 4 is 17.8 Å². The molecule has 1 N–H and O–H groups in total. The molecule has 1 fully saturated rings. The fourth-order valence-electron chi connectivity index (χ4n) is 4.58. The van der Waals surface area contributed by atoms with Gasteiger partial charge in [-0.3, -0.25) is 14.5 Å². The average molecular weight is 458 g/mol. The molecule has 2 amide bonds. The van der Waals surface area contributed by atoms with Crippen molar-refractivity contribution in [3.8, 4) is 5.75 Å². The normalized spacial score (nSPS) is 17.4. The lowest BCUT2D eigenvalue weighted by molar-refractivity contribution is -0.177. The average Bonchev–Trinajstić information content (AvgIpc) is 2.87. The summed E-state index contributed by atoms with van der Waals surface area (Å²) in [6, 6.07) is 25.5. The molecule has 6 nitrogen and oxygen atoms in total.